The van der Waals surface area contributed by atoms with E-state index in [1.165, 1.54) is 12.1 Å². The van der Waals surface area contributed by atoms with Gasteiger partial charge in [-0.25, -0.2) is 9.29 Å². The molecule has 3 aliphatic rings. The summed E-state index contributed by atoms with van der Waals surface area (Å²) in [5.74, 6) is -3.14. The molecule has 0 spiro atoms. The van der Waals surface area contributed by atoms with E-state index in [9.17, 15) is 18.8 Å². The van der Waals surface area contributed by atoms with Crippen molar-refractivity contribution in [1.82, 2.24) is 4.90 Å². The molecule has 0 bridgehead atoms. The van der Waals surface area contributed by atoms with Gasteiger partial charge in [-0.15, -0.1) is 0 Å². The van der Waals surface area contributed by atoms with Gasteiger partial charge in [-0.3, -0.25) is 14.4 Å². The fourth-order valence-electron chi connectivity index (χ4n) is 5.18. The molecule has 164 valence electrons. The molecule has 2 saturated heterocycles. The predicted molar refractivity (Wildman–Crippen MR) is 119 cm³/mol. The number of benzene rings is 2. The van der Waals surface area contributed by atoms with E-state index in [1.54, 1.807) is 0 Å². The summed E-state index contributed by atoms with van der Waals surface area (Å²) in [7, 11) is 0. The van der Waals surface area contributed by atoms with Crippen LogP contribution in [0.5, 0.6) is 0 Å². The summed E-state index contributed by atoms with van der Waals surface area (Å²) in [6.07, 6.45) is 3.75. The lowest BCUT2D eigenvalue weighted by Crippen LogP contribution is -2.47. The van der Waals surface area contributed by atoms with Gasteiger partial charge in [0.25, 0.3) is 0 Å². The third kappa shape index (κ3) is 2.85. The fraction of sp³-hybridized carbons (Fsp3) is 0.320. The van der Waals surface area contributed by atoms with Crippen molar-refractivity contribution < 1.29 is 18.8 Å². The Balaban J connectivity index is 1.67. The summed E-state index contributed by atoms with van der Waals surface area (Å²) in [5, 5.41) is -0.171. The largest absolute Gasteiger partial charge is 0.359 e. The molecule has 0 saturated carbocycles. The summed E-state index contributed by atoms with van der Waals surface area (Å²) in [5.41, 5.74) is 1.38. The Labute approximate surface area is 190 Å². The van der Waals surface area contributed by atoms with Crippen LogP contribution in [0.15, 0.2) is 48.7 Å². The molecular weight excluding hydrogens is 431 g/mol. The lowest BCUT2D eigenvalue weighted by Gasteiger charge is -2.37. The number of Topliss-reactive ketones (excluding diaryl/α,β-unsaturated/α-hetero) is 1. The molecule has 0 N–H and O–H groups in total. The number of ketones is 1. The first kappa shape index (κ1) is 20.9. The standard InChI is InChI=1S/C25H22ClFN2O3/c1-25(2,3)22(30)21-19-18(20-15-7-5-4-6-13(15)10-11-28(20)21)23(31)29(24(19)32)14-8-9-17(27)16(26)12-14/h4-12,18-21H,1-3H3/t18-,19+,20-,21-/m0/s1. The maximum Gasteiger partial charge on any atom is 0.240 e. The molecule has 5 rings (SSSR count). The van der Waals surface area contributed by atoms with Crippen LogP contribution < -0.4 is 4.90 Å². The van der Waals surface area contributed by atoms with E-state index in [-0.39, 0.29) is 16.5 Å². The Morgan fingerprint density at radius 1 is 1.03 bits per heavy atom. The van der Waals surface area contributed by atoms with Crippen LogP contribution in [0.25, 0.3) is 6.08 Å². The highest BCUT2D eigenvalue weighted by molar-refractivity contribution is 6.31. The Morgan fingerprint density at radius 3 is 2.41 bits per heavy atom. The van der Waals surface area contributed by atoms with E-state index in [0.717, 1.165) is 22.1 Å². The van der Waals surface area contributed by atoms with Crippen molar-refractivity contribution in [2.45, 2.75) is 32.9 Å². The number of carbonyl (C=O) groups is 3. The molecule has 2 fully saturated rings. The smallest absolute Gasteiger partial charge is 0.240 e. The van der Waals surface area contributed by atoms with Crippen molar-refractivity contribution in [2.75, 3.05) is 4.90 Å². The van der Waals surface area contributed by atoms with Gasteiger partial charge in [-0.1, -0.05) is 56.6 Å². The Morgan fingerprint density at radius 2 is 1.72 bits per heavy atom. The van der Waals surface area contributed by atoms with Crippen LogP contribution >= 0.6 is 11.6 Å². The number of rotatable bonds is 2. The quantitative estimate of drug-likeness (QED) is 0.624. The van der Waals surface area contributed by atoms with E-state index in [0.29, 0.717) is 0 Å². The fourth-order valence-corrected chi connectivity index (χ4v) is 5.35. The number of anilines is 1. The first-order valence-electron chi connectivity index (χ1n) is 10.5. The number of hydrogen-bond donors (Lipinski definition) is 0. The van der Waals surface area contributed by atoms with Gasteiger partial charge in [0.15, 0.2) is 5.78 Å². The van der Waals surface area contributed by atoms with Crippen molar-refractivity contribution in [2.24, 2.45) is 17.3 Å². The van der Waals surface area contributed by atoms with Crippen molar-refractivity contribution >= 4 is 41.0 Å². The van der Waals surface area contributed by atoms with Crippen LogP contribution in [0.1, 0.15) is 37.9 Å². The summed E-state index contributed by atoms with van der Waals surface area (Å²) >= 11 is 5.93. The van der Waals surface area contributed by atoms with E-state index in [4.69, 9.17) is 11.6 Å². The molecule has 4 atom stereocenters. The number of amides is 2. The van der Waals surface area contributed by atoms with Crippen LogP contribution in [0.2, 0.25) is 5.02 Å². The van der Waals surface area contributed by atoms with Crippen molar-refractivity contribution in [1.29, 1.82) is 0 Å². The molecule has 2 amide bonds. The lowest BCUT2D eigenvalue weighted by atomic mass is 9.79. The SMILES string of the molecule is CC(C)(C)C(=O)[C@@H]1[C@@H]2C(=O)N(c3ccc(F)c(Cl)c3)C(=O)[C@@H]2[C@@H]2c3ccccc3C=CN12. The van der Waals surface area contributed by atoms with Gasteiger partial charge >= 0.3 is 0 Å². The summed E-state index contributed by atoms with van der Waals surface area (Å²) in [6, 6.07) is 10.3. The van der Waals surface area contributed by atoms with Crippen LogP contribution in [-0.2, 0) is 14.4 Å². The second kappa shape index (κ2) is 7.01. The normalized spacial score (nSPS) is 26.3. The van der Waals surface area contributed by atoms with E-state index >= 15 is 0 Å². The average Bonchev–Trinajstić information content (AvgIpc) is 3.22. The number of halogens is 2. The van der Waals surface area contributed by atoms with Crippen molar-refractivity contribution in [3.05, 3.63) is 70.6 Å². The number of hydrogen-bond acceptors (Lipinski definition) is 4. The second-order valence-electron chi connectivity index (χ2n) is 9.56. The maximum absolute atomic E-state index is 13.7. The molecule has 0 aromatic heterocycles. The molecule has 2 aromatic rings. The molecule has 3 heterocycles. The summed E-state index contributed by atoms with van der Waals surface area (Å²) < 4.78 is 13.7. The first-order valence-corrected chi connectivity index (χ1v) is 10.9. The van der Waals surface area contributed by atoms with Crippen LogP contribution in [-0.4, -0.2) is 28.5 Å². The van der Waals surface area contributed by atoms with Crippen LogP contribution in [0.3, 0.4) is 0 Å². The van der Waals surface area contributed by atoms with E-state index < -0.39 is 47.0 Å². The molecule has 5 nitrogen and oxygen atoms in total. The van der Waals surface area contributed by atoms with Crippen LogP contribution in [0.4, 0.5) is 10.1 Å². The number of imide groups is 1. The number of fused-ring (bicyclic) bond motifs is 5. The van der Waals surface area contributed by atoms with Crippen molar-refractivity contribution in [3.8, 4) is 0 Å². The minimum atomic E-state index is -0.834. The van der Waals surface area contributed by atoms with Crippen molar-refractivity contribution in [3.63, 3.8) is 0 Å². The van der Waals surface area contributed by atoms with E-state index in [1.807, 2.05) is 62.2 Å². The summed E-state index contributed by atoms with van der Waals surface area (Å²) in [4.78, 5) is 43.8. The molecule has 3 aliphatic heterocycles. The Kier molecular flexibility index (Phi) is 4.57. The molecule has 0 unspecified atom stereocenters. The van der Waals surface area contributed by atoms with Gasteiger partial charge in [0, 0.05) is 11.6 Å². The third-order valence-electron chi connectivity index (χ3n) is 6.63. The van der Waals surface area contributed by atoms with Gasteiger partial charge in [0.05, 0.1) is 28.6 Å². The van der Waals surface area contributed by atoms with Gasteiger partial charge in [-0.05, 0) is 35.4 Å². The summed E-state index contributed by atoms with van der Waals surface area (Å²) in [6.45, 7) is 5.45. The topological polar surface area (TPSA) is 57.7 Å². The van der Waals surface area contributed by atoms with Crippen LogP contribution in [0, 0.1) is 23.1 Å². The number of nitrogens with zero attached hydrogens (tertiary/aromatic N) is 2. The molecule has 0 aliphatic carbocycles. The zero-order valence-electron chi connectivity index (χ0n) is 17.9. The van der Waals surface area contributed by atoms with Gasteiger partial charge in [0.1, 0.15) is 11.9 Å². The zero-order valence-corrected chi connectivity index (χ0v) is 18.6. The molecule has 32 heavy (non-hydrogen) atoms. The molecule has 2 aromatic carbocycles. The first-order chi connectivity index (χ1) is 15.1. The highest BCUT2D eigenvalue weighted by atomic mass is 35.5. The van der Waals surface area contributed by atoms with E-state index in [2.05, 4.69) is 0 Å². The maximum atomic E-state index is 13.7. The average molecular weight is 453 g/mol. The molecule has 0 radical (unpaired) electrons. The Bertz CT molecular complexity index is 1200. The van der Waals surface area contributed by atoms with Gasteiger partial charge in [-0.2, -0.15) is 0 Å². The minimum Gasteiger partial charge on any atom is -0.359 e. The highest BCUT2D eigenvalue weighted by Crippen LogP contribution is 2.54. The molecular formula is C25H22ClFN2O3. The van der Waals surface area contributed by atoms with Gasteiger partial charge < -0.3 is 4.90 Å². The highest BCUT2D eigenvalue weighted by Gasteiger charge is 2.65. The van der Waals surface area contributed by atoms with Gasteiger partial charge in [0.2, 0.25) is 11.8 Å². The Hall–Kier alpha value is -2.99. The second-order valence-corrected chi connectivity index (χ2v) is 9.96. The predicted octanol–water partition coefficient (Wildman–Crippen LogP) is 4.61. The zero-order chi connectivity index (χ0) is 22.9. The monoisotopic (exact) mass is 452 g/mol. The lowest BCUT2D eigenvalue weighted by molar-refractivity contribution is -0.135. The number of carbonyl (C=O) groups excluding carboxylic acids is 3. The molecule has 7 heteroatoms. The third-order valence-corrected chi connectivity index (χ3v) is 6.92. The minimum absolute atomic E-state index is 0.0980.